The highest BCUT2D eigenvalue weighted by Gasteiger charge is 2.37. The van der Waals surface area contributed by atoms with Crippen LogP contribution in [0.2, 0.25) is 0 Å². The molecular weight excluding hydrogens is 286 g/mol. The molecule has 0 spiro atoms. The molecule has 0 bridgehead atoms. The Bertz CT molecular complexity index is 478. The lowest BCUT2D eigenvalue weighted by molar-refractivity contribution is -0.145. The van der Waals surface area contributed by atoms with E-state index in [1.807, 2.05) is 13.0 Å². The van der Waals surface area contributed by atoms with E-state index in [4.69, 9.17) is 0 Å². The zero-order valence-corrected chi connectivity index (χ0v) is 13.6. The van der Waals surface area contributed by atoms with Gasteiger partial charge in [-0.1, -0.05) is 37.3 Å². The van der Waals surface area contributed by atoms with Gasteiger partial charge in [-0.05, 0) is 25.2 Å². The van der Waals surface area contributed by atoms with Crippen molar-refractivity contribution < 1.29 is 14.7 Å². The summed E-state index contributed by atoms with van der Waals surface area (Å²) in [5, 5.41) is 12.4. The maximum absolute atomic E-state index is 12.1. The topological polar surface area (TPSA) is 66.4 Å². The number of carbonyl (C=O) groups excluding carboxylic acids is 1. The fourth-order valence-electron chi connectivity index (χ4n) is 2.09. The van der Waals surface area contributed by atoms with E-state index in [9.17, 15) is 14.7 Å². The molecule has 1 amide bonds. The first-order valence-corrected chi connectivity index (χ1v) is 8.21. The van der Waals surface area contributed by atoms with Gasteiger partial charge in [0.15, 0.2) is 0 Å². The molecule has 2 unspecified atom stereocenters. The predicted octanol–water partition coefficient (Wildman–Crippen LogP) is 2.68. The summed E-state index contributed by atoms with van der Waals surface area (Å²) in [6.07, 6.45) is -0.0620. The fourth-order valence-corrected chi connectivity index (χ4v) is 2.76. The second-order valence-corrected chi connectivity index (χ2v) is 6.63. The fraction of sp³-hybridized carbons (Fsp3) is 0.500. The highest BCUT2D eigenvalue weighted by molar-refractivity contribution is 7.99. The monoisotopic (exact) mass is 309 g/mol. The van der Waals surface area contributed by atoms with Crippen LogP contribution in [0.1, 0.15) is 32.8 Å². The van der Waals surface area contributed by atoms with E-state index in [1.54, 1.807) is 43.0 Å². The normalized spacial score (nSPS) is 15.0. The van der Waals surface area contributed by atoms with E-state index in [1.165, 1.54) is 0 Å². The summed E-state index contributed by atoms with van der Waals surface area (Å²) in [4.78, 5) is 23.8. The Morgan fingerprint density at radius 2 is 1.95 bits per heavy atom. The van der Waals surface area contributed by atoms with Gasteiger partial charge in [0.05, 0.1) is 5.41 Å². The van der Waals surface area contributed by atoms with E-state index in [0.717, 1.165) is 11.5 Å². The molecule has 0 fully saturated rings. The largest absolute Gasteiger partial charge is 0.481 e. The number of benzene rings is 1. The summed E-state index contributed by atoms with van der Waals surface area (Å²) in [5.74, 6) is 0.612. The molecule has 0 radical (unpaired) electrons. The maximum atomic E-state index is 12.1. The van der Waals surface area contributed by atoms with Crippen LogP contribution in [0.3, 0.4) is 0 Å². The smallest absolute Gasteiger partial charge is 0.314 e. The van der Waals surface area contributed by atoms with Crippen LogP contribution in [0.15, 0.2) is 30.3 Å². The highest BCUT2D eigenvalue weighted by atomic mass is 32.2. The summed E-state index contributed by atoms with van der Waals surface area (Å²) < 4.78 is 0. The van der Waals surface area contributed by atoms with E-state index >= 15 is 0 Å². The molecule has 0 aliphatic heterocycles. The molecule has 21 heavy (non-hydrogen) atoms. The van der Waals surface area contributed by atoms with Crippen LogP contribution in [-0.2, 0) is 15.0 Å². The van der Waals surface area contributed by atoms with Crippen LogP contribution in [0.5, 0.6) is 0 Å². The Balaban J connectivity index is 2.75. The lowest BCUT2D eigenvalue weighted by atomic mass is 9.79. The van der Waals surface area contributed by atoms with Crippen molar-refractivity contribution in [1.29, 1.82) is 0 Å². The molecular formula is C16H23NO3S. The zero-order valence-electron chi connectivity index (χ0n) is 12.8. The summed E-state index contributed by atoms with van der Waals surface area (Å²) >= 11 is 1.75. The number of hydrogen-bond donors (Lipinski definition) is 2. The lowest BCUT2D eigenvalue weighted by Gasteiger charge is -2.25. The van der Waals surface area contributed by atoms with Crippen LogP contribution in [0.4, 0.5) is 0 Å². The Morgan fingerprint density at radius 3 is 2.48 bits per heavy atom. The number of thioether (sulfide) groups is 1. The third-order valence-corrected chi connectivity index (χ3v) is 4.52. The van der Waals surface area contributed by atoms with E-state index in [-0.39, 0.29) is 18.4 Å². The molecule has 2 N–H and O–H groups in total. The molecule has 0 aliphatic carbocycles. The van der Waals surface area contributed by atoms with E-state index in [0.29, 0.717) is 5.56 Å². The third kappa shape index (κ3) is 5.08. The van der Waals surface area contributed by atoms with Crippen LogP contribution in [0, 0.1) is 0 Å². The van der Waals surface area contributed by atoms with Gasteiger partial charge in [-0.25, -0.2) is 0 Å². The van der Waals surface area contributed by atoms with Crippen molar-refractivity contribution in [3.05, 3.63) is 35.9 Å². The predicted molar refractivity (Wildman–Crippen MR) is 86.7 cm³/mol. The van der Waals surface area contributed by atoms with Crippen molar-refractivity contribution in [2.45, 2.75) is 38.6 Å². The van der Waals surface area contributed by atoms with Gasteiger partial charge in [-0.2, -0.15) is 11.8 Å². The molecule has 0 aliphatic rings. The molecule has 0 saturated carbocycles. The van der Waals surface area contributed by atoms with E-state index < -0.39 is 11.4 Å². The number of rotatable bonds is 8. The first-order chi connectivity index (χ1) is 9.90. The molecule has 1 aromatic rings. The lowest BCUT2D eigenvalue weighted by Crippen LogP contribution is -2.42. The summed E-state index contributed by atoms with van der Waals surface area (Å²) in [7, 11) is 0. The number of hydrogen-bond acceptors (Lipinski definition) is 3. The molecule has 0 heterocycles. The van der Waals surface area contributed by atoms with E-state index in [2.05, 4.69) is 12.2 Å². The van der Waals surface area contributed by atoms with Crippen molar-refractivity contribution >= 4 is 23.6 Å². The van der Waals surface area contributed by atoms with Gasteiger partial charge in [0.25, 0.3) is 0 Å². The van der Waals surface area contributed by atoms with Crippen molar-refractivity contribution in [3.63, 3.8) is 0 Å². The Kier molecular flexibility index (Phi) is 6.75. The Hall–Kier alpha value is -1.49. The molecule has 116 valence electrons. The van der Waals surface area contributed by atoms with Gasteiger partial charge in [-0.3, -0.25) is 9.59 Å². The number of carboxylic acid groups (broad SMARTS) is 1. The second-order valence-electron chi connectivity index (χ2n) is 5.31. The van der Waals surface area contributed by atoms with Crippen molar-refractivity contribution in [3.8, 4) is 0 Å². The zero-order chi connectivity index (χ0) is 15.9. The third-order valence-electron chi connectivity index (χ3n) is 3.38. The molecule has 5 heteroatoms. The van der Waals surface area contributed by atoms with Crippen LogP contribution in [-0.4, -0.2) is 34.5 Å². The quantitative estimate of drug-likeness (QED) is 0.775. The van der Waals surface area contributed by atoms with Gasteiger partial charge >= 0.3 is 5.97 Å². The minimum atomic E-state index is -1.21. The number of nitrogens with one attached hydrogen (secondary N) is 1. The molecule has 1 rings (SSSR count). The van der Waals surface area contributed by atoms with Crippen LogP contribution < -0.4 is 5.32 Å². The van der Waals surface area contributed by atoms with Crippen molar-refractivity contribution in [2.24, 2.45) is 0 Å². The molecule has 1 aromatic carbocycles. The minimum Gasteiger partial charge on any atom is -0.481 e. The maximum Gasteiger partial charge on any atom is 0.314 e. The van der Waals surface area contributed by atoms with Gasteiger partial charge in [0.2, 0.25) is 5.91 Å². The average Bonchev–Trinajstić information content (AvgIpc) is 2.45. The number of aliphatic carboxylic acids is 1. The summed E-state index contributed by atoms with van der Waals surface area (Å²) in [6.45, 7) is 5.59. The first-order valence-electron chi connectivity index (χ1n) is 7.06. The Morgan fingerprint density at radius 1 is 1.33 bits per heavy atom. The standard InChI is InChI=1S/C16H23NO3S/c1-4-21-11-12(2)17-14(18)10-16(3,15(19)20)13-8-6-5-7-9-13/h5-9,12H,4,10-11H2,1-3H3,(H,17,18)(H,19,20). The first kappa shape index (κ1) is 17.6. The number of amides is 1. The molecule has 0 aromatic heterocycles. The van der Waals surface area contributed by atoms with Gasteiger partial charge in [-0.15, -0.1) is 0 Å². The molecule has 0 saturated heterocycles. The summed E-state index contributed by atoms with van der Waals surface area (Å²) in [5.41, 5.74) is -0.564. The number of carbonyl (C=O) groups is 2. The second kappa shape index (κ2) is 8.08. The SMILES string of the molecule is CCSCC(C)NC(=O)CC(C)(C(=O)O)c1ccccc1. The molecule has 2 atom stereocenters. The van der Waals surface area contributed by atoms with Crippen molar-refractivity contribution in [1.82, 2.24) is 5.32 Å². The van der Waals surface area contributed by atoms with Gasteiger partial charge in [0, 0.05) is 18.2 Å². The summed E-state index contributed by atoms with van der Waals surface area (Å²) in [6, 6.07) is 8.94. The molecule has 4 nitrogen and oxygen atoms in total. The van der Waals surface area contributed by atoms with Gasteiger partial charge in [0.1, 0.15) is 0 Å². The highest BCUT2D eigenvalue weighted by Crippen LogP contribution is 2.28. The number of carboxylic acids is 1. The van der Waals surface area contributed by atoms with Gasteiger partial charge < -0.3 is 10.4 Å². The average molecular weight is 309 g/mol. The Labute approximate surface area is 130 Å². The van der Waals surface area contributed by atoms with Crippen LogP contribution >= 0.6 is 11.8 Å². The van der Waals surface area contributed by atoms with Crippen molar-refractivity contribution in [2.75, 3.05) is 11.5 Å². The minimum absolute atomic E-state index is 0.0382. The van der Waals surface area contributed by atoms with Crippen LogP contribution in [0.25, 0.3) is 0 Å².